The van der Waals surface area contributed by atoms with Crippen molar-refractivity contribution in [3.63, 3.8) is 0 Å². The fraction of sp³-hybridized carbons (Fsp3) is 0.519. The van der Waals surface area contributed by atoms with Gasteiger partial charge in [-0.25, -0.2) is 0 Å². The van der Waals surface area contributed by atoms with E-state index in [0.717, 1.165) is 0 Å². The number of aliphatic hydroxyl groups excluding tert-OH is 1. The lowest BCUT2D eigenvalue weighted by atomic mass is 9.70. The average Bonchev–Trinajstić information content (AvgIpc) is 3.50. The first-order chi connectivity index (χ1) is 17.3. The fourth-order valence-electron chi connectivity index (χ4n) is 6.14. The number of nitrogens with zero attached hydrogens (tertiary/aromatic N) is 3. The zero-order valence-corrected chi connectivity index (χ0v) is 21.4. The molecule has 1 spiro atoms. The summed E-state index contributed by atoms with van der Waals surface area (Å²) in [7, 11) is 1.69. The minimum Gasteiger partial charge on any atom is -0.396 e. The third-order valence-corrected chi connectivity index (χ3v) is 7.95. The number of halogens is 1. The summed E-state index contributed by atoms with van der Waals surface area (Å²) < 4.78 is 6.49. The van der Waals surface area contributed by atoms with Gasteiger partial charge < -0.3 is 24.5 Å². The number of likely N-dealkylation sites (N-methyl/N-ethyl adjacent to an activating group) is 1. The van der Waals surface area contributed by atoms with Crippen molar-refractivity contribution in [3.05, 3.63) is 54.6 Å². The Balaban J connectivity index is 1.76. The Morgan fingerprint density at radius 1 is 1.22 bits per heavy atom. The lowest BCUT2D eigenvalue weighted by Gasteiger charge is -2.37. The Morgan fingerprint density at radius 3 is 2.61 bits per heavy atom. The summed E-state index contributed by atoms with van der Waals surface area (Å²) in [5.74, 6) is -2.11. The molecular formula is C27H34ClN3O5. The monoisotopic (exact) mass is 515 g/mol. The number of unbranched alkanes of at least 4 members (excludes halogenated alkanes) is 1. The van der Waals surface area contributed by atoms with E-state index >= 15 is 0 Å². The SMILES string of the molecule is C=CCN(C)C(=O)[C@@H]1[C@@H]2CCC3(O2)C(C(=O)N(CC=C)c2ccccc2Cl)N(CCCCO)C(=O)[C@H]13. The van der Waals surface area contributed by atoms with Gasteiger partial charge >= 0.3 is 0 Å². The molecule has 3 fully saturated rings. The number of likely N-dealkylation sites (tertiary alicyclic amines) is 1. The number of hydrogen-bond donors (Lipinski definition) is 1. The summed E-state index contributed by atoms with van der Waals surface area (Å²) in [6.07, 6.45) is 4.99. The number of amides is 3. The zero-order valence-electron chi connectivity index (χ0n) is 20.6. The molecule has 0 aliphatic carbocycles. The average molecular weight is 516 g/mol. The number of carbonyl (C=O) groups is 3. The van der Waals surface area contributed by atoms with Gasteiger partial charge in [-0.2, -0.15) is 0 Å². The first kappa shape index (κ1) is 26.4. The van der Waals surface area contributed by atoms with Crippen LogP contribution in [0.4, 0.5) is 5.69 Å². The van der Waals surface area contributed by atoms with Crippen LogP contribution in [0.15, 0.2) is 49.6 Å². The molecule has 2 unspecified atom stereocenters. The molecule has 3 saturated heterocycles. The number of aliphatic hydroxyl groups is 1. The van der Waals surface area contributed by atoms with Crippen molar-refractivity contribution in [2.24, 2.45) is 11.8 Å². The van der Waals surface area contributed by atoms with Crippen molar-refractivity contribution in [3.8, 4) is 0 Å². The third kappa shape index (κ3) is 4.25. The van der Waals surface area contributed by atoms with Crippen LogP contribution < -0.4 is 4.90 Å². The van der Waals surface area contributed by atoms with Gasteiger partial charge in [-0.3, -0.25) is 14.4 Å². The number of benzene rings is 1. The largest absolute Gasteiger partial charge is 0.396 e. The summed E-state index contributed by atoms with van der Waals surface area (Å²) in [4.78, 5) is 46.3. The molecule has 1 aromatic rings. The molecule has 3 amide bonds. The molecule has 9 heteroatoms. The van der Waals surface area contributed by atoms with E-state index in [4.69, 9.17) is 16.3 Å². The molecule has 3 aliphatic heterocycles. The van der Waals surface area contributed by atoms with E-state index in [-0.39, 0.29) is 37.4 Å². The highest BCUT2D eigenvalue weighted by Crippen LogP contribution is 2.59. The van der Waals surface area contributed by atoms with Crippen molar-refractivity contribution in [2.75, 3.05) is 38.2 Å². The first-order valence-electron chi connectivity index (χ1n) is 12.4. The van der Waals surface area contributed by atoms with Crippen LogP contribution in [-0.4, -0.2) is 83.7 Å². The predicted molar refractivity (Wildman–Crippen MR) is 137 cm³/mol. The second-order valence-corrected chi connectivity index (χ2v) is 10.1. The zero-order chi connectivity index (χ0) is 26.0. The molecule has 8 nitrogen and oxygen atoms in total. The number of hydrogen-bond acceptors (Lipinski definition) is 5. The van der Waals surface area contributed by atoms with Crippen molar-refractivity contribution >= 4 is 35.0 Å². The Hall–Kier alpha value is -2.68. The van der Waals surface area contributed by atoms with Gasteiger partial charge in [0.2, 0.25) is 11.8 Å². The van der Waals surface area contributed by atoms with Gasteiger partial charge in [0.15, 0.2) is 0 Å². The van der Waals surface area contributed by atoms with Gasteiger partial charge in [0.25, 0.3) is 5.91 Å². The van der Waals surface area contributed by atoms with Gasteiger partial charge in [-0.15, -0.1) is 13.2 Å². The normalized spacial score (nSPS) is 28.2. The van der Waals surface area contributed by atoms with Gasteiger partial charge in [0.1, 0.15) is 11.6 Å². The van der Waals surface area contributed by atoms with Gasteiger partial charge in [0.05, 0.1) is 28.6 Å². The van der Waals surface area contributed by atoms with E-state index < -0.39 is 29.6 Å². The molecule has 194 valence electrons. The number of ether oxygens (including phenoxy) is 1. The second kappa shape index (κ2) is 10.7. The highest BCUT2D eigenvalue weighted by atomic mass is 35.5. The van der Waals surface area contributed by atoms with Crippen LogP contribution in [0.25, 0.3) is 0 Å². The summed E-state index contributed by atoms with van der Waals surface area (Å²) in [5, 5.41) is 9.73. The van der Waals surface area contributed by atoms with E-state index in [9.17, 15) is 19.5 Å². The predicted octanol–water partition coefficient (Wildman–Crippen LogP) is 2.65. The highest BCUT2D eigenvalue weighted by Gasteiger charge is 2.74. The van der Waals surface area contributed by atoms with E-state index in [1.54, 1.807) is 58.2 Å². The first-order valence-corrected chi connectivity index (χ1v) is 12.8. The molecule has 0 saturated carbocycles. The molecule has 2 bridgehead atoms. The molecule has 0 aromatic heterocycles. The van der Waals surface area contributed by atoms with Crippen molar-refractivity contribution in [2.45, 2.75) is 43.4 Å². The molecule has 36 heavy (non-hydrogen) atoms. The minimum absolute atomic E-state index is 0.0105. The van der Waals surface area contributed by atoms with E-state index in [1.165, 1.54) is 0 Å². The lowest BCUT2D eigenvalue weighted by Crippen LogP contribution is -2.56. The van der Waals surface area contributed by atoms with Crippen molar-refractivity contribution in [1.82, 2.24) is 9.80 Å². The number of rotatable bonds is 11. The molecule has 1 N–H and O–H groups in total. The van der Waals surface area contributed by atoms with Crippen LogP contribution >= 0.6 is 11.6 Å². The Bertz CT molecular complexity index is 1050. The Labute approximate surface area is 217 Å². The molecule has 3 heterocycles. The summed E-state index contributed by atoms with van der Waals surface area (Å²) in [6.45, 7) is 8.36. The third-order valence-electron chi connectivity index (χ3n) is 7.63. The van der Waals surface area contributed by atoms with Crippen LogP contribution in [0.2, 0.25) is 5.02 Å². The molecular weight excluding hydrogens is 482 g/mol. The van der Waals surface area contributed by atoms with E-state index in [2.05, 4.69) is 13.2 Å². The maximum absolute atomic E-state index is 14.3. The molecule has 5 atom stereocenters. The van der Waals surface area contributed by atoms with Crippen LogP contribution in [0, 0.1) is 11.8 Å². The van der Waals surface area contributed by atoms with Gasteiger partial charge in [-0.05, 0) is 37.8 Å². The maximum atomic E-state index is 14.3. The van der Waals surface area contributed by atoms with Crippen LogP contribution in [0.1, 0.15) is 25.7 Å². The number of fused-ring (bicyclic) bond motifs is 1. The molecule has 3 aliphatic rings. The van der Waals surface area contributed by atoms with E-state index in [1.807, 2.05) is 0 Å². The number of carbonyl (C=O) groups excluding carboxylic acids is 3. The second-order valence-electron chi connectivity index (χ2n) is 9.71. The number of anilines is 1. The molecule has 1 aromatic carbocycles. The topological polar surface area (TPSA) is 90.4 Å². The standard InChI is InChI=1S/C27H34ClN3O5/c1-4-14-29(3)24(33)21-20-12-13-27(36-20)22(21)25(34)31(16-8-9-17-32)23(27)26(35)30(15-5-2)19-11-7-6-10-18(19)28/h4-7,10-11,20-23,32H,1-2,8-9,12-17H2,3H3/t20-,21+,22-,23?,27?/m0/s1. The minimum atomic E-state index is -1.09. The van der Waals surface area contributed by atoms with Crippen LogP contribution in [0.3, 0.4) is 0 Å². The number of para-hydroxylation sites is 1. The van der Waals surface area contributed by atoms with Crippen molar-refractivity contribution in [1.29, 1.82) is 0 Å². The smallest absolute Gasteiger partial charge is 0.253 e. The summed E-state index contributed by atoms with van der Waals surface area (Å²) in [6, 6.07) is 6.15. The highest BCUT2D eigenvalue weighted by molar-refractivity contribution is 6.34. The Morgan fingerprint density at radius 2 is 1.94 bits per heavy atom. The quantitative estimate of drug-likeness (QED) is 0.361. The lowest BCUT2D eigenvalue weighted by molar-refractivity contribution is -0.144. The maximum Gasteiger partial charge on any atom is 0.253 e. The van der Waals surface area contributed by atoms with Crippen LogP contribution in [-0.2, 0) is 19.1 Å². The Kier molecular flexibility index (Phi) is 7.87. The summed E-state index contributed by atoms with van der Waals surface area (Å²) >= 11 is 6.46. The van der Waals surface area contributed by atoms with Gasteiger partial charge in [-0.1, -0.05) is 35.9 Å². The fourth-order valence-corrected chi connectivity index (χ4v) is 6.38. The molecule has 4 rings (SSSR count). The summed E-state index contributed by atoms with van der Waals surface area (Å²) in [5.41, 5.74) is -0.564. The van der Waals surface area contributed by atoms with Crippen molar-refractivity contribution < 1.29 is 24.2 Å². The van der Waals surface area contributed by atoms with Gasteiger partial charge in [0, 0.05) is 33.3 Å². The van der Waals surface area contributed by atoms with E-state index in [0.29, 0.717) is 42.9 Å². The molecule has 0 radical (unpaired) electrons. The van der Waals surface area contributed by atoms with Crippen LogP contribution in [0.5, 0.6) is 0 Å².